The van der Waals surface area contributed by atoms with Crippen molar-refractivity contribution >= 4 is 26.9 Å². The summed E-state index contributed by atoms with van der Waals surface area (Å²) in [6, 6.07) is 3.70. The summed E-state index contributed by atoms with van der Waals surface area (Å²) in [6.07, 6.45) is 2.22. The predicted molar refractivity (Wildman–Crippen MR) is 98.7 cm³/mol. The van der Waals surface area contributed by atoms with Crippen molar-refractivity contribution in [2.24, 2.45) is 10.6 Å². The molecule has 0 atom stereocenters. The van der Waals surface area contributed by atoms with Crippen LogP contribution in [0, 0.1) is 5.41 Å². The minimum atomic E-state index is -3.65. The summed E-state index contributed by atoms with van der Waals surface area (Å²) >= 11 is 0. The minimum absolute atomic E-state index is 0.00841. The van der Waals surface area contributed by atoms with Crippen molar-refractivity contribution < 1.29 is 17.9 Å². The maximum absolute atomic E-state index is 11.0. The highest BCUT2D eigenvalue weighted by Gasteiger charge is 2.39. The number of methoxy groups -OCH3 is 2. The minimum Gasteiger partial charge on any atom is -0.493 e. The molecule has 9 nitrogen and oxygen atoms in total. The molecule has 3 rings (SSSR count). The van der Waals surface area contributed by atoms with Gasteiger partial charge in [-0.2, -0.15) is 8.42 Å². The number of hydrogen-bond donors (Lipinski definition) is 2. The van der Waals surface area contributed by atoms with E-state index in [2.05, 4.69) is 26.5 Å². The highest BCUT2D eigenvalue weighted by molar-refractivity contribution is 7.87. The fraction of sp³-hybridized carbons (Fsp3) is 0.500. The second-order valence-corrected chi connectivity index (χ2v) is 8.16. The molecule has 0 amide bonds. The molecule has 1 aromatic heterocycles. The quantitative estimate of drug-likeness (QED) is 0.723. The molecule has 142 valence electrons. The number of rotatable bonds is 7. The molecule has 26 heavy (non-hydrogen) atoms. The van der Waals surface area contributed by atoms with E-state index in [1.165, 1.54) is 6.33 Å². The van der Waals surface area contributed by atoms with Crippen LogP contribution in [0.3, 0.4) is 0 Å². The third-order valence-electron chi connectivity index (χ3n) is 4.60. The van der Waals surface area contributed by atoms with E-state index < -0.39 is 10.2 Å². The molecule has 2 heterocycles. The number of aromatic nitrogens is 2. The van der Waals surface area contributed by atoms with Gasteiger partial charge in [0.2, 0.25) is 0 Å². The first-order chi connectivity index (χ1) is 12.2. The van der Waals surface area contributed by atoms with E-state index in [9.17, 15) is 8.42 Å². The van der Waals surface area contributed by atoms with Crippen molar-refractivity contribution in [2.75, 3.05) is 38.8 Å². The van der Waals surface area contributed by atoms with Crippen LogP contribution < -0.4 is 24.2 Å². The van der Waals surface area contributed by atoms with Gasteiger partial charge in [0.25, 0.3) is 10.2 Å². The summed E-state index contributed by atoms with van der Waals surface area (Å²) in [5, 5.41) is 5.85. The lowest BCUT2D eigenvalue weighted by Gasteiger charge is -2.49. The maximum Gasteiger partial charge on any atom is 0.274 e. The number of nitrogens with one attached hydrogen (secondary N) is 1. The average molecular weight is 381 g/mol. The molecular weight excluding hydrogens is 358 g/mol. The molecule has 2 aromatic rings. The third-order valence-corrected chi connectivity index (χ3v) is 5.20. The molecule has 0 spiro atoms. The molecule has 3 N–H and O–H groups in total. The highest BCUT2D eigenvalue weighted by Crippen LogP contribution is 2.40. The lowest BCUT2D eigenvalue weighted by molar-refractivity contribution is 0.224. The van der Waals surface area contributed by atoms with Crippen molar-refractivity contribution in [2.45, 2.75) is 13.3 Å². The highest BCUT2D eigenvalue weighted by atomic mass is 32.2. The summed E-state index contributed by atoms with van der Waals surface area (Å²) in [6.45, 7) is 3.96. The molecule has 10 heteroatoms. The Kier molecular flexibility index (Phi) is 4.91. The number of hydrogen-bond acceptors (Lipinski definition) is 7. The monoisotopic (exact) mass is 381 g/mol. The normalized spacial score (nSPS) is 16.4. The topological polar surface area (TPSA) is 120 Å². The Morgan fingerprint density at radius 3 is 2.50 bits per heavy atom. The van der Waals surface area contributed by atoms with Crippen molar-refractivity contribution in [1.82, 2.24) is 14.7 Å². The summed E-state index contributed by atoms with van der Waals surface area (Å²) in [4.78, 5) is 10.9. The van der Waals surface area contributed by atoms with E-state index in [0.717, 1.165) is 29.8 Å². The van der Waals surface area contributed by atoms with E-state index in [4.69, 9.17) is 14.6 Å². The van der Waals surface area contributed by atoms with E-state index in [1.54, 1.807) is 14.2 Å². The van der Waals surface area contributed by atoms with E-state index in [0.29, 0.717) is 24.5 Å². The van der Waals surface area contributed by atoms with E-state index >= 15 is 0 Å². The Hall–Kier alpha value is -2.17. The fourth-order valence-electron chi connectivity index (χ4n) is 3.30. The first-order valence-corrected chi connectivity index (χ1v) is 9.68. The smallest absolute Gasteiger partial charge is 0.274 e. The van der Waals surface area contributed by atoms with E-state index in [-0.39, 0.29) is 5.41 Å². The van der Waals surface area contributed by atoms with Crippen LogP contribution in [-0.2, 0) is 10.2 Å². The number of nitrogens with two attached hydrogens (primary N) is 1. The van der Waals surface area contributed by atoms with Crippen LogP contribution in [0.15, 0.2) is 18.5 Å². The Bertz CT molecular complexity index is 912. The summed E-state index contributed by atoms with van der Waals surface area (Å²) in [5.41, 5.74) is 0.767. The second kappa shape index (κ2) is 6.86. The Morgan fingerprint density at radius 2 is 1.88 bits per heavy atom. The molecule has 1 saturated heterocycles. The first-order valence-electron chi connectivity index (χ1n) is 8.14. The van der Waals surface area contributed by atoms with Gasteiger partial charge in [0.1, 0.15) is 12.1 Å². The molecule has 1 fully saturated rings. The van der Waals surface area contributed by atoms with Crippen LogP contribution in [0.25, 0.3) is 10.9 Å². The third kappa shape index (κ3) is 3.81. The summed E-state index contributed by atoms with van der Waals surface area (Å²) in [5.74, 6) is 2.07. The van der Waals surface area contributed by atoms with Gasteiger partial charge in [-0.1, -0.05) is 6.92 Å². The number of benzene rings is 1. The lowest BCUT2D eigenvalue weighted by atomic mass is 9.79. The van der Waals surface area contributed by atoms with Crippen molar-refractivity contribution in [1.29, 1.82) is 0 Å². The molecule has 1 aromatic carbocycles. The van der Waals surface area contributed by atoms with Crippen LogP contribution >= 0.6 is 0 Å². The SMILES string of the molecule is COc1cc2ncnc(N3CC(C)(CCNS(N)(=O)=O)C3)c2cc1OC. The van der Waals surface area contributed by atoms with Gasteiger partial charge in [0.05, 0.1) is 19.7 Å². The summed E-state index contributed by atoms with van der Waals surface area (Å²) < 4.78 is 35.0. The van der Waals surface area contributed by atoms with Gasteiger partial charge >= 0.3 is 0 Å². The zero-order valence-electron chi connectivity index (χ0n) is 15.0. The second-order valence-electron chi connectivity index (χ2n) is 6.78. The van der Waals surface area contributed by atoms with Crippen LogP contribution in [0.1, 0.15) is 13.3 Å². The van der Waals surface area contributed by atoms with Gasteiger partial charge in [-0.05, 0) is 12.5 Å². The molecular formula is C16H23N5O4S. The van der Waals surface area contributed by atoms with Crippen molar-refractivity contribution in [3.8, 4) is 11.5 Å². The molecule has 0 unspecified atom stereocenters. The van der Waals surface area contributed by atoms with Crippen molar-refractivity contribution in [3.63, 3.8) is 0 Å². The van der Waals surface area contributed by atoms with E-state index in [1.807, 2.05) is 12.1 Å². The average Bonchev–Trinajstić information content (AvgIpc) is 2.56. The molecule has 0 radical (unpaired) electrons. The molecule has 1 aliphatic rings. The van der Waals surface area contributed by atoms with Crippen LogP contribution in [0.5, 0.6) is 11.5 Å². The Labute approximate surface area is 152 Å². The van der Waals surface area contributed by atoms with Crippen LogP contribution in [-0.4, -0.2) is 52.2 Å². The Morgan fingerprint density at radius 1 is 1.23 bits per heavy atom. The zero-order chi connectivity index (χ0) is 18.9. The zero-order valence-corrected chi connectivity index (χ0v) is 15.8. The van der Waals surface area contributed by atoms with Gasteiger partial charge in [-0.3, -0.25) is 0 Å². The maximum atomic E-state index is 11.0. The summed E-state index contributed by atoms with van der Waals surface area (Å²) in [7, 11) is -0.474. The Balaban J connectivity index is 1.78. The van der Waals surface area contributed by atoms with Gasteiger partial charge in [0, 0.05) is 36.5 Å². The van der Waals surface area contributed by atoms with Gasteiger partial charge < -0.3 is 14.4 Å². The largest absolute Gasteiger partial charge is 0.493 e. The predicted octanol–water partition coefficient (Wildman–Crippen LogP) is 0.657. The first kappa shape index (κ1) is 18.6. The van der Waals surface area contributed by atoms with Crippen molar-refractivity contribution in [3.05, 3.63) is 18.5 Å². The van der Waals surface area contributed by atoms with Crippen LogP contribution in [0.2, 0.25) is 0 Å². The van der Waals surface area contributed by atoms with Gasteiger partial charge in [0.15, 0.2) is 11.5 Å². The van der Waals surface area contributed by atoms with Gasteiger partial charge in [-0.15, -0.1) is 0 Å². The number of anilines is 1. The molecule has 0 aliphatic carbocycles. The lowest BCUT2D eigenvalue weighted by Crippen LogP contribution is -2.56. The molecule has 0 saturated carbocycles. The molecule has 0 bridgehead atoms. The van der Waals surface area contributed by atoms with Gasteiger partial charge in [-0.25, -0.2) is 19.8 Å². The van der Waals surface area contributed by atoms with Crippen LogP contribution in [0.4, 0.5) is 5.82 Å². The molecule has 1 aliphatic heterocycles. The fourth-order valence-corrected chi connectivity index (χ4v) is 3.69. The number of nitrogens with zero attached hydrogens (tertiary/aromatic N) is 3. The number of ether oxygens (including phenoxy) is 2. The standard InChI is InChI=1S/C16H23N5O4S/c1-16(4-5-20-26(17,22)23)8-21(9-16)15-11-6-13(24-2)14(25-3)7-12(11)18-10-19-15/h6-7,10,20H,4-5,8-9H2,1-3H3,(H2,17,22,23). The number of fused-ring (bicyclic) bond motifs is 1.